The Morgan fingerprint density at radius 3 is 2.22 bits per heavy atom. The van der Waals surface area contributed by atoms with E-state index in [1.807, 2.05) is 20.8 Å². The first-order valence-electron chi connectivity index (χ1n) is 6.22. The van der Waals surface area contributed by atoms with E-state index in [1.54, 1.807) is 24.3 Å². The maximum absolute atomic E-state index is 12.1. The van der Waals surface area contributed by atoms with Crippen molar-refractivity contribution in [2.45, 2.75) is 44.7 Å². The Kier molecular flexibility index (Phi) is 5.31. The maximum atomic E-state index is 12.1. The summed E-state index contributed by atoms with van der Waals surface area (Å²) in [6.07, 6.45) is 0.940. The first-order valence-corrected chi connectivity index (χ1v) is 7.70. The predicted octanol–water partition coefficient (Wildman–Crippen LogP) is 1.86. The molecule has 0 saturated heterocycles. The van der Waals surface area contributed by atoms with Crippen molar-refractivity contribution in [2.75, 3.05) is 0 Å². The topological polar surface area (TPSA) is 72.2 Å². The van der Waals surface area contributed by atoms with Crippen molar-refractivity contribution in [1.29, 1.82) is 0 Å². The first-order chi connectivity index (χ1) is 8.40. The van der Waals surface area contributed by atoms with Crippen molar-refractivity contribution in [3.8, 4) is 0 Å². The monoisotopic (exact) mass is 270 g/mol. The minimum atomic E-state index is -3.43. The highest BCUT2D eigenvalue weighted by Crippen LogP contribution is 2.14. The second-order valence-corrected chi connectivity index (χ2v) is 6.36. The van der Waals surface area contributed by atoms with Crippen LogP contribution in [0.15, 0.2) is 29.2 Å². The molecule has 1 aromatic rings. The zero-order valence-electron chi connectivity index (χ0n) is 11.2. The Labute approximate surface area is 110 Å². The van der Waals surface area contributed by atoms with Gasteiger partial charge in [0.25, 0.3) is 0 Å². The molecule has 102 valence electrons. The number of benzene rings is 1. The molecule has 0 aliphatic heterocycles. The van der Waals surface area contributed by atoms with Crippen molar-refractivity contribution < 1.29 is 8.42 Å². The van der Waals surface area contributed by atoms with Crippen molar-refractivity contribution in [1.82, 2.24) is 4.72 Å². The number of nitrogens with two attached hydrogens (primary N) is 1. The zero-order chi connectivity index (χ0) is 13.8. The summed E-state index contributed by atoms with van der Waals surface area (Å²) >= 11 is 0. The molecular formula is C13H22N2O2S. The molecule has 18 heavy (non-hydrogen) atoms. The van der Waals surface area contributed by atoms with Gasteiger partial charge in [-0.2, -0.15) is 0 Å². The Morgan fingerprint density at radius 2 is 1.78 bits per heavy atom. The van der Waals surface area contributed by atoms with Gasteiger partial charge in [0.1, 0.15) is 0 Å². The fourth-order valence-corrected chi connectivity index (χ4v) is 2.94. The smallest absolute Gasteiger partial charge is 0.240 e. The molecule has 5 heteroatoms. The van der Waals surface area contributed by atoms with Crippen molar-refractivity contribution in [3.63, 3.8) is 0 Å². The minimum absolute atomic E-state index is 0.0748. The summed E-state index contributed by atoms with van der Waals surface area (Å²) < 4.78 is 26.9. The van der Waals surface area contributed by atoms with Gasteiger partial charge >= 0.3 is 0 Å². The van der Waals surface area contributed by atoms with Gasteiger partial charge in [-0.15, -0.1) is 0 Å². The van der Waals surface area contributed by atoms with E-state index in [-0.39, 0.29) is 10.9 Å². The lowest BCUT2D eigenvalue weighted by atomic mass is 10.0. The molecular weight excluding hydrogens is 248 g/mol. The molecule has 1 aromatic carbocycles. The summed E-state index contributed by atoms with van der Waals surface area (Å²) in [5.74, 6) is 0.308. The van der Waals surface area contributed by atoms with Crippen LogP contribution in [0.2, 0.25) is 0 Å². The van der Waals surface area contributed by atoms with E-state index in [1.165, 1.54) is 0 Å². The molecule has 0 fully saturated rings. The molecule has 3 N–H and O–H groups in total. The minimum Gasteiger partial charge on any atom is -0.326 e. The molecule has 0 aliphatic carbocycles. The van der Waals surface area contributed by atoms with Gasteiger partial charge in [0.15, 0.2) is 0 Å². The third-order valence-electron chi connectivity index (χ3n) is 3.31. The van der Waals surface area contributed by atoms with Crippen LogP contribution in [0.1, 0.15) is 32.8 Å². The van der Waals surface area contributed by atoms with Crippen molar-refractivity contribution in [3.05, 3.63) is 29.8 Å². The van der Waals surface area contributed by atoms with Crippen LogP contribution in [0.3, 0.4) is 0 Å². The van der Waals surface area contributed by atoms with Gasteiger partial charge in [-0.05, 0) is 30.5 Å². The van der Waals surface area contributed by atoms with E-state index in [9.17, 15) is 8.42 Å². The van der Waals surface area contributed by atoms with Gasteiger partial charge in [0.2, 0.25) is 10.0 Å². The van der Waals surface area contributed by atoms with Gasteiger partial charge < -0.3 is 5.73 Å². The number of rotatable bonds is 6. The molecule has 2 atom stereocenters. The normalized spacial score (nSPS) is 15.3. The molecule has 0 aromatic heterocycles. The quantitative estimate of drug-likeness (QED) is 0.828. The third kappa shape index (κ3) is 3.80. The van der Waals surface area contributed by atoms with Crippen LogP contribution in [-0.4, -0.2) is 14.5 Å². The van der Waals surface area contributed by atoms with Crippen LogP contribution < -0.4 is 10.5 Å². The number of hydrogen-bond acceptors (Lipinski definition) is 3. The second kappa shape index (κ2) is 6.31. The van der Waals surface area contributed by atoms with E-state index in [4.69, 9.17) is 5.73 Å². The van der Waals surface area contributed by atoms with Crippen LogP contribution in [-0.2, 0) is 16.6 Å². The second-order valence-electron chi connectivity index (χ2n) is 4.64. The van der Waals surface area contributed by atoms with Gasteiger partial charge in [0.05, 0.1) is 4.90 Å². The molecule has 0 bridgehead atoms. The molecule has 0 aliphatic rings. The van der Waals surface area contributed by atoms with E-state index >= 15 is 0 Å². The van der Waals surface area contributed by atoms with Gasteiger partial charge in [-0.1, -0.05) is 32.4 Å². The largest absolute Gasteiger partial charge is 0.326 e. The summed E-state index contributed by atoms with van der Waals surface area (Å²) in [7, 11) is -3.43. The van der Waals surface area contributed by atoms with Gasteiger partial charge in [-0.25, -0.2) is 13.1 Å². The van der Waals surface area contributed by atoms with Crippen LogP contribution in [0.4, 0.5) is 0 Å². The SMILES string of the molecule is CCC(C)C(C)NS(=O)(=O)c1ccc(CN)cc1. The fourth-order valence-electron chi connectivity index (χ4n) is 1.59. The summed E-state index contributed by atoms with van der Waals surface area (Å²) in [4.78, 5) is 0.287. The highest BCUT2D eigenvalue weighted by molar-refractivity contribution is 7.89. The van der Waals surface area contributed by atoms with E-state index < -0.39 is 10.0 Å². The zero-order valence-corrected chi connectivity index (χ0v) is 12.0. The lowest BCUT2D eigenvalue weighted by Crippen LogP contribution is -2.36. The molecule has 0 spiro atoms. The van der Waals surface area contributed by atoms with E-state index in [0.717, 1.165) is 12.0 Å². The molecule has 1 rings (SSSR count). The average Bonchev–Trinajstić information content (AvgIpc) is 2.37. The van der Waals surface area contributed by atoms with Gasteiger partial charge in [0, 0.05) is 12.6 Å². The third-order valence-corrected chi connectivity index (χ3v) is 4.88. The van der Waals surface area contributed by atoms with Crippen molar-refractivity contribution >= 4 is 10.0 Å². The number of sulfonamides is 1. The average molecular weight is 270 g/mol. The highest BCUT2D eigenvalue weighted by Gasteiger charge is 2.20. The number of nitrogens with one attached hydrogen (secondary N) is 1. The lowest BCUT2D eigenvalue weighted by Gasteiger charge is -2.19. The lowest BCUT2D eigenvalue weighted by molar-refractivity contribution is 0.434. The molecule has 4 nitrogen and oxygen atoms in total. The van der Waals surface area contributed by atoms with Crippen LogP contribution in [0, 0.1) is 5.92 Å². The summed E-state index contributed by atoms with van der Waals surface area (Å²) in [6.45, 7) is 6.38. The van der Waals surface area contributed by atoms with Crippen molar-refractivity contribution in [2.24, 2.45) is 11.7 Å². The van der Waals surface area contributed by atoms with E-state index in [0.29, 0.717) is 12.5 Å². The van der Waals surface area contributed by atoms with Crippen LogP contribution in [0.25, 0.3) is 0 Å². The van der Waals surface area contributed by atoms with Gasteiger partial charge in [-0.3, -0.25) is 0 Å². The number of hydrogen-bond donors (Lipinski definition) is 2. The van der Waals surface area contributed by atoms with Crippen LogP contribution in [0.5, 0.6) is 0 Å². The molecule has 0 saturated carbocycles. The Morgan fingerprint density at radius 1 is 1.22 bits per heavy atom. The summed E-state index contributed by atoms with van der Waals surface area (Å²) in [6, 6.07) is 6.58. The van der Waals surface area contributed by atoms with Crippen LogP contribution >= 0.6 is 0 Å². The maximum Gasteiger partial charge on any atom is 0.240 e. The summed E-state index contributed by atoms with van der Waals surface area (Å²) in [5.41, 5.74) is 6.40. The van der Waals surface area contributed by atoms with E-state index in [2.05, 4.69) is 4.72 Å². The first kappa shape index (κ1) is 15.1. The Balaban J connectivity index is 2.85. The molecule has 2 unspecified atom stereocenters. The molecule has 0 heterocycles. The Hall–Kier alpha value is -0.910. The molecule has 0 radical (unpaired) electrons. The fraction of sp³-hybridized carbons (Fsp3) is 0.538. The Bertz CT molecular complexity index is 468. The molecule has 0 amide bonds. The standard InChI is InChI=1S/C13H22N2O2S/c1-4-10(2)11(3)15-18(16,17)13-7-5-12(9-14)6-8-13/h5-8,10-11,15H,4,9,14H2,1-3H3. The predicted molar refractivity (Wildman–Crippen MR) is 73.6 cm³/mol. The summed E-state index contributed by atoms with van der Waals surface area (Å²) in [5, 5.41) is 0. The highest BCUT2D eigenvalue weighted by atomic mass is 32.2.